The van der Waals surface area contributed by atoms with Crippen molar-refractivity contribution < 1.29 is 19.4 Å². The molecular formula is C26H24BrN5O4S. The number of hydrogen-bond donors (Lipinski definition) is 2. The normalized spacial score (nSPS) is 11.0. The van der Waals surface area contributed by atoms with Crippen molar-refractivity contribution in [1.82, 2.24) is 20.2 Å². The number of rotatable bonds is 9. The maximum Gasteiger partial charge on any atom is 0.250 e. The topological polar surface area (TPSA) is 111 Å². The van der Waals surface area contributed by atoms with E-state index in [1.807, 2.05) is 60.0 Å². The first kappa shape index (κ1) is 26.2. The second-order valence-electron chi connectivity index (χ2n) is 7.84. The van der Waals surface area contributed by atoms with E-state index in [1.165, 1.54) is 25.1 Å². The molecule has 0 saturated heterocycles. The summed E-state index contributed by atoms with van der Waals surface area (Å²) >= 11 is 4.51. The van der Waals surface area contributed by atoms with Crippen LogP contribution in [0.25, 0.3) is 17.1 Å². The van der Waals surface area contributed by atoms with Crippen LogP contribution in [-0.4, -0.2) is 52.0 Å². The van der Waals surface area contributed by atoms with Gasteiger partial charge in [-0.1, -0.05) is 29.5 Å². The van der Waals surface area contributed by atoms with E-state index in [0.717, 1.165) is 22.6 Å². The number of nitrogens with one attached hydrogen (secondary N) is 1. The summed E-state index contributed by atoms with van der Waals surface area (Å²) in [6.45, 7) is 2.02. The fourth-order valence-electron chi connectivity index (χ4n) is 3.38. The molecule has 0 aliphatic carbocycles. The Kier molecular flexibility index (Phi) is 8.47. The number of carbonyl (C=O) groups excluding carboxylic acids is 1. The first-order valence-corrected chi connectivity index (χ1v) is 12.9. The molecule has 0 saturated carbocycles. The van der Waals surface area contributed by atoms with E-state index in [1.54, 1.807) is 19.2 Å². The lowest BCUT2D eigenvalue weighted by Gasteiger charge is -2.11. The summed E-state index contributed by atoms with van der Waals surface area (Å²) in [5, 5.41) is 23.3. The lowest BCUT2D eigenvalue weighted by molar-refractivity contribution is -0.118. The van der Waals surface area contributed by atoms with Crippen LogP contribution in [0.1, 0.15) is 11.1 Å². The minimum atomic E-state index is -0.310. The number of hydrazone groups is 1. The molecule has 9 nitrogen and oxygen atoms in total. The van der Waals surface area contributed by atoms with Gasteiger partial charge in [-0.2, -0.15) is 5.10 Å². The Morgan fingerprint density at radius 2 is 1.84 bits per heavy atom. The molecule has 1 amide bonds. The SMILES string of the molecule is COc1ccc(-c2nnc(SCC(=O)N/N=C\c3cc(Br)c(O)c(OC)c3)n2-c2ccc(C)cc2)cc1. The Bertz CT molecular complexity index is 1420. The van der Waals surface area contributed by atoms with Gasteiger partial charge in [0.2, 0.25) is 0 Å². The summed E-state index contributed by atoms with van der Waals surface area (Å²) in [5.74, 6) is 1.45. The van der Waals surface area contributed by atoms with Crippen molar-refractivity contribution in [2.45, 2.75) is 12.1 Å². The van der Waals surface area contributed by atoms with Gasteiger partial charge in [0, 0.05) is 11.3 Å². The zero-order chi connectivity index (χ0) is 26.4. The largest absolute Gasteiger partial charge is 0.503 e. The van der Waals surface area contributed by atoms with Crippen LogP contribution in [0.15, 0.2) is 75.4 Å². The van der Waals surface area contributed by atoms with Crippen molar-refractivity contribution in [1.29, 1.82) is 0 Å². The number of amides is 1. The van der Waals surface area contributed by atoms with Crippen LogP contribution in [0.3, 0.4) is 0 Å². The lowest BCUT2D eigenvalue weighted by Crippen LogP contribution is -2.20. The number of thioether (sulfide) groups is 1. The third kappa shape index (κ3) is 6.30. The zero-order valence-electron chi connectivity index (χ0n) is 20.3. The highest BCUT2D eigenvalue weighted by Crippen LogP contribution is 2.34. The number of phenols is 1. The number of aryl methyl sites for hydroxylation is 1. The number of ether oxygens (including phenoxy) is 2. The smallest absolute Gasteiger partial charge is 0.250 e. The van der Waals surface area contributed by atoms with Crippen molar-refractivity contribution in [3.63, 3.8) is 0 Å². The number of halogens is 1. The van der Waals surface area contributed by atoms with Gasteiger partial charge in [0.25, 0.3) is 5.91 Å². The van der Waals surface area contributed by atoms with Crippen molar-refractivity contribution in [2.75, 3.05) is 20.0 Å². The Balaban J connectivity index is 1.50. The Hall–Kier alpha value is -3.83. The standard InChI is InChI=1S/C26H24BrN5O4S/c1-16-4-8-19(9-5-16)32-25(18-6-10-20(35-2)11-7-18)30-31-26(32)37-15-23(33)29-28-14-17-12-21(27)24(34)22(13-17)36-3/h4-14,34H,15H2,1-3H3,(H,29,33)/b28-14-. The highest BCUT2D eigenvalue weighted by molar-refractivity contribution is 9.10. The van der Waals surface area contributed by atoms with Gasteiger partial charge >= 0.3 is 0 Å². The van der Waals surface area contributed by atoms with Gasteiger partial charge in [0.1, 0.15) is 5.75 Å². The summed E-state index contributed by atoms with van der Waals surface area (Å²) < 4.78 is 12.8. The van der Waals surface area contributed by atoms with Crippen molar-refractivity contribution in [3.8, 4) is 34.3 Å². The number of carbonyl (C=O) groups is 1. The van der Waals surface area contributed by atoms with Gasteiger partial charge in [0.05, 0.1) is 30.7 Å². The molecule has 0 atom stereocenters. The molecule has 2 N–H and O–H groups in total. The van der Waals surface area contributed by atoms with E-state index in [4.69, 9.17) is 9.47 Å². The molecule has 0 spiro atoms. The Morgan fingerprint density at radius 3 is 2.51 bits per heavy atom. The summed E-state index contributed by atoms with van der Waals surface area (Å²) in [4.78, 5) is 12.5. The van der Waals surface area contributed by atoms with Crippen LogP contribution in [0, 0.1) is 6.92 Å². The summed E-state index contributed by atoms with van der Waals surface area (Å²) in [6, 6.07) is 18.8. The monoisotopic (exact) mass is 581 g/mol. The number of hydrogen-bond acceptors (Lipinski definition) is 8. The third-order valence-corrected chi connectivity index (χ3v) is 6.81. The Labute approximate surface area is 226 Å². The van der Waals surface area contributed by atoms with E-state index in [2.05, 4.69) is 36.7 Å². The third-order valence-electron chi connectivity index (χ3n) is 5.28. The van der Waals surface area contributed by atoms with Crippen LogP contribution < -0.4 is 14.9 Å². The van der Waals surface area contributed by atoms with Gasteiger partial charge in [-0.15, -0.1) is 10.2 Å². The summed E-state index contributed by atoms with van der Waals surface area (Å²) in [5.41, 5.74) is 6.03. The fraction of sp³-hybridized carbons (Fsp3) is 0.154. The molecule has 0 aliphatic rings. The molecule has 1 aromatic heterocycles. The van der Waals surface area contributed by atoms with Crippen molar-refractivity contribution in [3.05, 3.63) is 76.3 Å². The van der Waals surface area contributed by atoms with Gasteiger partial charge in [-0.3, -0.25) is 9.36 Å². The number of benzene rings is 3. The molecule has 190 valence electrons. The first-order chi connectivity index (χ1) is 17.9. The van der Waals surface area contributed by atoms with Crippen LogP contribution in [0.4, 0.5) is 0 Å². The van der Waals surface area contributed by atoms with Crippen LogP contribution in [0.2, 0.25) is 0 Å². The molecule has 0 fully saturated rings. The minimum absolute atomic E-state index is 0.00761. The number of aromatic nitrogens is 3. The van der Waals surface area contributed by atoms with Crippen LogP contribution in [-0.2, 0) is 4.79 Å². The van der Waals surface area contributed by atoms with E-state index in [0.29, 0.717) is 26.8 Å². The highest BCUT2D eigenvalue weighted by atomic mass is 79.9. The van der Waals surface area contributed by atoms with Gasteiger partial charge < -0.3 is 14.6 Å². The fourth-order valence-corrected chi connectivity index (χ4v) is 4.59. The molecule has 11 heteroatoms. The van der Waals surface area contributed by atoms with Crippen molar-refractivity contribution >= 4 is 39.8 Å². The molecule has 4 rings (SSSR count). The number of phenolic OH excluding ortho intramolecular Hbond substituents is 1. The Morgan fingerprint density at radius 1 is 1.11 bits per heavy atom. The lowest BCUT2D eigenvalue weighted by atomic mass is 10.2. The van der Waals surface area contributed by atoms with Gasteiger partial charge in [-0.05, 0) is 76.9 Å². The average molecular weight is 582 g/mol. The van der Waals surface area contributed by atoms with Gasteiger partial charge in [0.15, 0.2) is 22.5 Å². The first-order valence-electron chi connectivity index (χ1n) is 11.1. The van der Waals surface area contributed by atoms with Crippen LogP contribution >= 0.6 is 27.7 Å². The maximum absolute atomic E-state index is 12.5. The van der Waals surface area contributed by atoms with E-state index >= 15 is 0 Å². The predicted molar refractivity (Wildman–Crippen MR) is 147 cm³/mol. The maximum atomic E-state index is 12.5. The second-order valence-corrected chi connectivity index (χ2v) is 9.64. The minimum Gasteiger partial charge on any atom is -0.503 e. The molecule has 1 heterocycles. The zero-order valence-corrected chi connectivity index (χ0v) is 22.7. The molecule has 0 radical (unpaired) electrons. The quantitative estimate of drug-likeness (QED) is 0.163. The predicted octanol–water partition coefficient (Wildman–Crippen LogP) is 4.97. The molecule has 0 aliphatic heterocycles. The van der Waals surface area contributed by atoms with Crippen LogP contribution in [0.5, 0.6) is 17.2 Å². The average Bonchev–Trinajstić information content (AvgIpc) is 3.33. The number of nitrogens with zero attached hydrogens (tertiary/aromatic N) is 4. The molecule has 37 heavy (non-hydrogen) atoms. The van der Waals surface area contributed by atoms with Crippen molar-refractivity contribution in [2.24, 2.45) is 5.10 Å². The summed E-state index contributed by atoms with van der Waals surface area (Å²) in [6.07, 6.45) is 1.46. The van der Waals surface area contributed by atoms with E-state index < -0.39 is 0 Å². The molecule has 3 aromatic carbocycles. The summed E-state index contributed by atoms with van der Waals surface area (Å²) in [7, 11) is 3.07. The second kappa shape index (κ2) is 11.9. The van der Waals surface area contributed by atoms with Gasteiger partial charge in [-0.25, -0.2) is 5.43 Å². The van der Waals surface area contributed by atoms with E-state index in [9.17, 15) is 9.90 Å². The van der Waals surface area contributed by atoms with E-state index in [-0.39, 0.29) is 17.4 Å². The molecule has 0 unspecified atom stereocenters. The number of methoxy groups -OCH3 is 2. The number of aromatic hydroxyl groups is 1. The highest BCUT2D eigenvalue weighted by Gasteiger charge is 2.17. The molecule has 0 bridgehead atoms. The molecule has 4 aromatic rings. The molecular weight excluding hydrogens is 558 g/mol.